The molecule has 0 aromatic carbocycles. The molecule has 0 saturated heterocycles. The van der Waals surface area contributed by atoms with Crippen molar-refractivity contribution in [2.24, 2.45) is 11.8 Å². The Morgan fingerprint density at radius 3 is 2.75 bits per heavy atom. The Bertz CT molecular complexity index is 227. The van der Waals surface area contributed by atoms with Gasteiger partial charge in [-0.3, -0.25) is 4.79 Å². The highest BCUT2D eigenvalue weighted by Gasteiger charge is 2.34. The highest BCUT2D eigenvalue weighted by molar-refractivity contribution is 5.79. The third-order valence-electron chi connectivity index (χ3n) is 3.41. The first-order valence-corrected chi connectivity index (χ1v) is 4.95. The molecule has 2 unspecified atom stereocenters. The van der Waals surface area contributed by atoms with E-state index in [1.165, 1.54) is 12.8 Å². The van der Waals surface area contributed by atoms with E-state index in [9.17, 15) is 4.79 Å². The number of hydrogen-bond donors (Lipinski definition) is 0. The second-order valence-electron chi connectivity index (χ2n) is 4.16. The van der Waals surface area contributed by atoms with E-state index in [1.54, 1.807) is 5.57 Å². The highest BCUT2D eigenvalue weighted by Crippen LogP contribution is 2.43. The molecule has 66 valence electrons. The Balaban J connectivity index is 2.07. The van der Waals surface area contributed by atoms with Crippen molar-refractivity contribution in [3.05, 3.63) is 11.6 Å². The zero-order valence-corrected chi connectivity index (χ0v) is 7.68. The van der Waals surface area contributed by atoms with Crippen molar-refractivity contribution in [1.82, 2.24) is 0 Å². The quantitative estimate of drug-likeness (QED) is 0.503. The Morgan fingerprint density at radius 1 is 1.25 bits per heavy atom. The minimum Gasteiger partial charge on any atom is -0.300 e. The Hall–Kier alpha value is -0.590. The zero-order chi connectivity index (χ0) is 8.55. The highest BCUT2D eigenvalue weighted by atomic mass is 16.1. The van der Waals surface area contributed by atoms with Crippen LogP contribution in [0.15, 0.2) is 11.6 Å². The minimum absolute atomic E-state index is 0.494. The molecule has 0 radical (unpaired) electrons. The van der Waals surface area contributed by atoms with E-state index in [1.807, 2.05) is 0 Å². The fourth-order valence-corrected chi connectivity index (χ4v) is 2.64. The van der Waals surface area contributed by atoms with Crippen molar-refractivity contribution in [3.63, 3.8) is 0 Å². The van der Waals surface area contributed by atoms with Crippen LogP contribution in [0, 0.1) is 11.8 Å². The zero-order valence-electron chi connectivity index (χ0n) is 7.68. The van der Waals surface area contributed by atoms with Crippen LogP contribution in [0.5, 0.6) is 0 Å². The van der Waals surface area contributed by atoms with Gasteiger partial charge in [-0.15, -0.1) is 0 Å². The number of ketones is 1. The molecule has 1 heteroatoms. The van der Waals surface area contributed by atoms with Crippen molar-refractivity contribution in [2.45, 2.75) is 39.0 Å². The number of rotatable bonds is 0. The summed E-state index contributed by atoms with van der Waals surface area (Å²) in [7, 11) is 0. The predicted octanol–water partition coefficient (Wildman–Crippen LogP) is 2.71. The van der Waals surface area contributed by atoms with Crippen LogP contribution in [-0.2, 0) is 4.79 Å². The van der Waals surface area contributed by atoms with E-state index in [-0.39, 0.29) is 0 Å². The first-order chi connectivity index (χ1) is 5.79. The van der Waals surface area contributed by atoms with Gasteiger partial charge in [0, 0.05) is 12.8 Å². The Labute approximate surface area is 73.8 Å². The topological polar surface area (TPSA) is 17.1 Å². The lowest BCUT2D eigenvalue weighted by Gasteiger charge is -2.22. The van der Waals surface area contributed by atoms with E-state index in [4.69, 9.17) is 0 Å². The lowest BCUT2D eigenvalue weighted by Crippen LogP contribution is -2.19. The van der Waals surface area contributed by atoms with Gasteiger partial charge < -0.3 is 0 Å². The molecule has 0 heterocycles. The van der Waals surface area contributed by atoms with E-state index < -0.39 is 0 Å². The number of Topliss-reactive ketones (excluding diaryl/α,β-unsaturated/α-hetero) is 1. The van der Waals surface area contributed by atoms with Crippen LogP contribution in [0.2, 0.25) is 0 Å². The van der Waals surface area contributed by atoms with Gasteiger partial charge >= 0.3 is 0 Å². The molecule has 2 atom stereocenters. The molecule has 0 aliphatic heterocycles. The van der Waals surface area contributed by atoms with Gasteiger partial charge in [-0.05, 0) is 38.0 Å². The number of fused-ring (bicyclic) bond motifs is 1. The summed E-state index contributed by atoms with van der Waals surface area (Å²) in [5.74, 6) is 2.04. The lowest BCUT2D eigenvalue weighted by atomic mass is 9.81. The van der Waals surface area contributed by atoms with Crippen molar-refractivity contribution < 1.29 is 4.79 Å². The molecular formula is C11H16O. The van der Waals surface area contributed by atoms with Gasteiger partial charge in [0.05, 0.1) is 0 Å². The minimum atomic E-state index is 0.494. The fraction of sp³-hybridized carbons (Fsp3) is 0.727. The summed E-state index contributed by atoms with van der Waals surface area (Å²) in [6, 6.07) is 0. The molecule has 12 heavy (non-hydrogen) atoms. The van der Waals surface area contributed by atoms with Crippen LogP contribution in [-0.4, -0.2) is 5.78 Å². The molecular weight excluding hydrogens is 148 g/mol. The van der Waals surface area contributed by atoms with Crippen molar-refractivity contribution in [3.8, 4) is 0 Å². The van der Waals surface area contributed by atoms with Gasteiger partial charge in [-0.1, -0.05) is 11.6 Å². The molecule has 2 saturated carbocycles. The van der Waals surface area contributed by atoms with E-state index in [2.05, 4.69) is 13.0 Å². The first kappa shape index (κ1) is 8.03. The standard InChI is InChI=1S/C11H16O/c1-2-8-5-9-3-4-11(12)7-10(9)6-8/h2,9-10H,3-7H2,1H3/b8-2+. The van der Waals surface area contributed by atoms with Crippen molar-refractivity contribution >= 4 is 5.78 Å². The van der Waals surface area contributed by atoms with Gasteiger partial charge in [0.2, 0.25) is 0 Å². The summed E-state index contributed by atoms with van der Waals surface area (Å²) < 4.78 is 0. The van der Waals surface area contributed by atoms with Gasteiger partial charge in [-0.2, -0.15) is 0 Å². The van der Waals surface area contributed by atoms with Crippen molar-refractivity contribution in [2.75, 3.05) is 0 Å². The molecule has 2 fully saturated rings. The molecule has 0 N–H and O–H groups in total. The summed E-state index contributed by atoms with van der Waals surface area (Å²) in [4.78, 5) is 11.2. The van der Waals surface area contributed by atoms with Gasteiger partial charge in [-0.25, -0.2) is 0 Å². The maximum atomic E-state index is 11.2. The normalized spacial score (nSPS) is 38.8. The van der Waals surface area contributed by atoms with Crippen LogP contribution in [0.3, 0.4) is 0 Å². The SMILES string of the molecule is C/C=C1\CC2CCC(=O)CC2C1. The third kappa shape index (κ3) is 1.33. The van der Waals surface area contributed by atoms with Crippen LogP contribution in [0.25, 0.3) is 0 Å². The molecule has 2 aliphatic carbocycles. The number of hydrogen-bond acceptors (Lipinski definition) is 1. The average molecular weight is 164 g/mol. The second-order valence-corrected chi connectivity index (χ2v) is 4.16. The molecule has 0 aromatic heterocycles. The number of allylic oxidation sites excluding steroid dienone is 2. The maximum Gasteiger partial charge on any atom is 0.133 e. The fourth-order valence-electron chi connectivity index (χ4n) is 2.64. The summed E-state index contributed by atoms with van der Waals surface area (Å²) in [6.07, 6.45) is 7.57. The monoisotopic (exact) mass is 164 g/mol. The van der Waals surface area contributed by atoms with Crippen LogP contribution in [0.4, 0.5) is 0 Å². The van der Waals surface area contributed by atoms with Crippen LogP contribution >= 0.6 is 0 Å². The van der Waals surface area contributed by atoms with E-state index in [0.29, 0.717) is 11.7 Å². The molecule has 2 aliphatic rings. The molecule has 0 spiro atoms. The summed E-state index contributed by atoms with van der Waals surface area (Å²) >= 11 is 0. The van der Waals surface area contributed by atoms with Crippen LogP contribution < -0.4 is 0 Å². The maximum absolute atomic E-state index is 11.2. The molecule has 2 rings (SSSR count). The van der Waals surface area contributed by atoms with Gasteiger partial charge in [0.25, 0.3) is 0 Å². The second kappa shape index (κ2) is 3.04. The van der Waals surface area contributed by atoms with Crippen LogP contribution in [0.1, 0.15) is 39.0 Å². The summed E-state index contributed by atoms with van der Waals surface area (Å²) in [5, 5.41) is 0. The smallest absolute Gasteiger partial charge is 0.133 e. The summed E-state index contributed by atoms with van der Waals surface area (Å²) in [6.45, 7) is 2.12. The largest absolute Gasteiger partial charge is 0.300 e. The third-order valence-corrected chi connectivity index (χ3v) is 3.41. The average Bonchev–Trinajstić information content (AvgIpc) is 2.46. The first-order valence-electron chi connectivity index (χ1n) is 4.95. The Kier molecular flexibility index (Phi) is 2.03. The predicted molar refractivity (Wildman–Crippen MR) is 48.8 cm³/mol. The number of carbonyl (C=O) groups excluding carboxylic acids is 1. The van der Waals surface area contributed by atoms with Crippen molar-refractivity contribution in [1.29, 1.82) is 0 Å². The Morgan fingerprint density at radius 2 is 2.00 bits per heavy atom. The van der Waals surface area contributed by atoms with Gasteiger partial charge in [0.15, 0.2) is 0 Å². The number of carbonyl (C=O) groups is 1. The van der Waals surface area contributed by atoms with E-state index >= 15 is 0 Å². The molecule has 0 bridgehead atoms. The molecule has 0 amide bonds. The molecule has 1 nitrogen and oxygen atoms in total. The van der Waals surface area contributed by atoms with Gasteiger partial charge in [0.1, 0.15) is 5.78 Å². The van der Waals surface area contributed by atoms with E-state index in [0.717, 1.165) is 25.2 Å². The lowest BCUT2D eigenvalue weighted by molar-refractivity contribution is -0.122. The summed E-state index contributed by atoms with van der Waals surface area (Å²) in [5.41, 5.74) is 1.58. The molecule has 0 aromatic rings.